The molecule has 0 spiro atoms. The lowest BCUT2D eigenvalue weighted by Crippen LogP contribution is -2.22. The molecule has 0 radical (unpaired) electrons. The Labute approximate surface area is 104 Å². The van der Waals surface area contributed by atoms with E-state index in [0.29, 0.717) is 0 Å². The van der Waals surface area contributed by atoms with Crippen molar-refractivity contribution in [1.29, 1.82) is 0 Å². The van der Waals surface area contributed by atoms with Gasteiger partial charge in [-0.15, -0.1) is 11.3 Å². The van der Waals surface area contributed by atoms with Crippen LogP contribution in [0, 0.1) is 0 Å². The molecule has 84 valence electrons. The Kier molecular flexibility index (Phi) is 4.62. The van der Waals surface area contributed by atoms with Crippen LogP contribution in [-0.2, 0) is 6.54 Å². The molecule has 0 atom stereocenters. The Bertz CT molecular complexity index is 297. The zero-order chi connectivity index (χ0) is 10.5. The summed E-state index contributed by atoms with van der Waals surface area (Å²) in [7, 11) is 0. The molecule has 1 aromatic rings. The van der Waals surface area contributed by atoms with Gasteiger partial charge in [0.25, 0.3) is 0 Å². The third-order valence-electron chi connectivity index (χ3n) is 2.49. The second kappa shape index (κ2) is 5.99. The van der Waals surface area contributed by atoms with Crippen LogP contribution >= 0.6 is 27.3 Å². The van der Waals surface area contributed by atoms with Crippen molar-refractivity contribution in [1.82, 2.24) is 10.6 Å². The van der Waals surface area contributed by atoms with Gasteiger partial charge in [0.2, 0.25) is 0 Å². The minimum atomic E-state index is 0.845. The van der Waals surface area contributed by atoms with E-state index in [1.807, 2.05) is 0 Å². The molecule has 1 aliphatic carbocycles. The SMILES string of the molecule is Brc1cc(CNCCCNC2CC2)cs1. The molecule has 0 aromatic carbocycles. The van der Waals surface area contributed by atoms with Gasteiger partial charge in [-0.25, -0.2) is 0 Å². The topological polar surface area (TPSA) is 24.1 Å². The lowest BCUT2D eigenvalue weighted by molar-refractivity contribution is 0.593. The monoisotopic (exact) mass is 288 g/mol. The molecule has 1 aliphatic rings. The summed E-state index contributed by atoms with van der Waals surface area (Å²) in [6.07, 6.45) is 3.99. The highest BCUT2D eigenvalue weighted by Crippen LogP contribution is 2.20. The number of rotatable bonds is 7. The first kappa shape index (κ1) is 11.6. The van der Waals surface area contributed by atoms with E-state index in [9.17, 15) is 0 Å². The van der Waals surface area contributed by atoms with Gasteiger partial charge < -0.3 is 10.6 Å². The van der Waals surface area contributed by atoms with Gasteiger partial charge >= 0.3 is 0 Å². The Morgan fingerprint density at radius 1 is 1.40 bits per heavy atom. The number of hydrogen-bond donors (Lipinski definition) is 2. The molecule has 1 saturated carbocycles. The Hall–Kier alpha value is 0.1000. The molecule has 15 heavy (non-hydrogen) atoms. The molecule has 0 aliphatic heterocycles. The van der Waals surface area contributed by atoms with Gasteiger partial charge in [-0.3, -0.25) is 0 Å². The van der Waals surface area contributed by atoms with Crippen LogP contribution in [0.15, 0.2) is 15.2 Å². The summed E-state index contributed by atoms with van der Waals surface area (Å²) in [5.74, 6) is 0. The van der Waals surface area contributed by atoms with E-state index >= 15 is 0 Å². The number of halogens is 1. The number of nitrogens with one attached hydrogen (secondary N) is 2. The van der Waals surface area contributed by atoms with Gasteiger partial charge in [0, 0.05) is 12.6 Å². The van der Waals surface area contributed by atoms with Crippen LogP contribution < -0.4 is 10.6 Å². The largest absolute Gasteiger partial charge is 0.314 e. The van der Waals surface area contributed by atoms with Crippen molar-refractivity contribution in [3.05, 3.63) is 20.8 Å². The zero-order valence-corrected chi connectivity index (χ0v) is 11.2. The van der Waals surface area contributed by atoms with Crippen LogP contribution in [0.25, 0.3) is 0 Å². The summed E-state index contributed by atoms with van der Waals surface area (Å²) >= 11 is 5.22. The molecule has 4 heteroatoms. The molecule has 1 aromatic heterocycles. The molecule has 0 bridgehead atoms. The first-order valence-corrected chi connectivity index (χ1v) is 7.19. The van der Waals surface area contributed by atoms with Crippen molar-refractivity contribution < 1.29 is 0 Å². The van der Waals surface area contributed by atoms with Crippen LogP contribution in [0.1, 0.15) is 24.8 Å². The Morgan fingerprint density at radius 2 is 2.27 bits per heavy atom. The minimum Gasteiger partial charge on any atom is -0.314 e. The Balaban J connectivity index is 1.47. The quantitative estimate of drug-likeness (QED) is 0.754. The summed E-state index contributed by atoms with van der Waals surface area (Å²) in [4.78, 5) is 0. The molecular formula is C11H17BrN2S. The summed E-state index contributed by atoms with van der Waals surface area (Å²) < 4.78 is 1.22. The minimum absolute atomic E-state index is 0.845. The maximum atomic E-state index is 3.51. The lowest BCUT2D eigenvalue weighted by atomic mass is 10.3. The van der Waals surface area contributed by atoms with Gasteiger partial charge in [-0.1, -0.05) is 0 Å². The molecule has 0 amide bonds. The maximum absolute atomic E-state index is 3.51. The number of hydrogen-bond acceptors (Lipinski definition) is 3. The molecular weight excluding hydrogens is 272 g/mol. The van der Waals surface area contributed by atoms with Crippen molar-refractivity contribution in [3.8, 4) is 0 Å². The predicted octanol–water partition coefficient (Wildman–Crippen LogP) is 2.74. The molecule has 2 N–H and O–H groups in total. The highest BCUT2D eigenvalue weighted by molar-refractivity contribution is 9.11. The van der Waals surface area contributed by atoms with Crippen molar-refractivity contribution in [2.24, 2.45) is 0 Å². The average molecular weight is 289 g/mol. The van der Waals surface area contributed by atoms with Crippen molar-refractivity contribution in [2.45, 2.75) is 31.8 Å². The molecule has 2 nitrogen and oxygen atoms in total. The second-order valence-electron chi connectivity index (χ2n) is 4.02. The standard InChI is InChI=1S/C11H17BrN2S/c12-11-6-9(8-15-11)7-13-4-1-5-14-10-2-3-10/h6,8,10,13-14H,1-5,7H2. The van der Waals surface area contributed by atoms with Crippen LogP contribution in [0.3, 0.4) is 0 Å². The smallest absolute Gasteiger partial charge is 0.0701 e. The average Bonchev–Trinajstić information content (AvgIpc) is 2.95. The molecule has 0 saturated heterocycles. The first-order valence-electron chi connectivity index (χ1n) is 5.51. The molecule has 1 fully saturated rings. The molecule has 0 unspecified atom stereocenters. The summed E-state index contributed by atoms with van der Waals surface area (Å²) in [5.41, 5.74) is 1.38. The summed E-state index contributed by atoms with van der Waals surface area (Å²) in [5, 5.41) is 9.16. The van der Waals surface area contributed by atoms with Crippen LogP contribution in [0.5, 0.6) is 0 Å². The van der Waals surface area contributed by atoms with Gasteiger partial charge in [0.05, 0.1) is 3.79 Å². The van der Waals surface area contributed by atoms with E-state index in [2.05, 4.69) is 38.0 Å². The van der Waals surface area contributed by atoms with Gasteiger partial charge in [0.1, 0.15) is 0 Å². The van der Waals surface area contributed by atoms with E-state index in [0.717, 1.165) is 25.7 Å². The van der Waals surface area contributed by atoms with Crippen molar-refractivity contribution >= 4 is 27.3 Å². The predicted molar refractivity (Wildman–Crippen MR) is 69.4 cm³/mol. The van der Waals surface area contributed by atoms with Crippen LogP contribution in [0.2, 0.25) is 0 Å². The first-order chi connectivity index (χ1) is 7.34. The fraction of sp³-hybridized carbons (Fsp3) is 0.636. The van der Waals surface area contributed by atoms with Crippen LogP contribution in [-0.4, -0.2) is 19.1 Å². The highest BCUT2D eigenvalue weighted by atomic mass is 79.9. The van der Waals surface area contributed by atoms with E-state index in [1.54, 1.807) is 11.3 Å². The Morgan fingerprint density at radius 3 is 2.93 bits per heavy atom. The molecule has 1 heterocycles. The second-order valence-corrected chi connectivity index (χ2v) is 6.31. The fourth-order valence-corrected chi connectivity index (χ4v) is 2.69. The number of thiophene rings is 1. The van der Waals surface area contributed by atoms with Crippen LogP contribution in [0.4, 0.5) is 0 Å². The summed E-state index contributed by atoms with van der Waals surface area (Å²) in [6, 6.07) is 3.03. The normalized spacial score (nSPS) is 15.8. The van der Waals surface area contributed by atoms with Crippen molar-refractivity contribution in [3.63, 3.8) is 0 Å². The van der Waals surface area contributed by atoms with Crippen molar-refractivity contribution in [2.75, 3.05) is 13.1 Å². The van der Waals surface area contributed by atoms with E-state index in [4.69, 9.17) is 0 Å². The van der Waals surface area contributed by atoms with E-state index < -0.39 is 0 Å². The fourth-order valence-electron chi connectivity index (χ4n) is 1.48. The van der Waals surface area contributed by atoms with Gasteiger partial charge in [-0.2, -0.15) is 0 Å². The summed E-state index contributed by atoms with van der Waals surface area (Å²) in [6.45, 7) is 3.25. The van der Waals surface area contributed by atoms with E-state index in [-0.39, 0.29) is 0 Å². The molecule has 2 rings (SSSR count). The third-order valence-corrected chi connectivity index (χ3v) is 4.04. The van der Waals surface area contributed by atoms with Gasteiger partial charge in [0.15, 0.2) is 0 Å². The zero-order valence-electron chi connectivity index (χ0n) is 8.76. The highest BCUT2D eigenvalue weighted by Gasteiger charge is 2.19. The maximum Gasteiger partial charge on any atom is 0.0701 e. The third kappa shape index (κ3) is 4.64. The van der Waals surface area contributed by atoms with Gasteiger partial charge in [-0.05, 0) is 65.3 Å². The van der Waals surface area contributed by atoms with E-state index in [1.165, 1.54) is 28.6 Å². The lowest BCUT2D eigenvalue weighted by Gasteiger charge is -2.04.